The third-order valence-electron chi connectivity index (χ3n) is 3.21. The van der Waals surface area contributed by atoms with Crippen molar-refractivity contribution in [2.45, 2.75) is 30.9 Å². The van der Waals surface area contributed by atoms with E-state index in [0.29, 0.717) is 16.4 Å². The van der Waals surface area contributed by atoms with Crippen molar-refractivity contribution in [1.29, 1.82) is 0 Å². The quantitative estimate of drug-likeness (QED) is 0.839. The smallest absolute Gasteiger partial charge is 0.237 e. The first kappa shape index (κ1) is 14.3. The molecule has 19 heavy (non-hydrogen) atoms. The van der Waals surface area contributed by atoms with Gasteiger partial charge in [-0.2, -0.15) is 0 Å². The van der Waals surface area contributed by atoms with Gasteiger partial charge >= 0.3 is 0 Å². The Morgan fingerprint density at radius 2 is 2.11 bits per heavy atom. The summed E-state index contributed by atoms with van der Waals surface area (Å²) in [5.41, 5.74) is 6.63. The Balaban J connectivity index is 1.93. The molecule has 0 spiro atoms. The number of rotatable bonds is 4. The summed E-state index contributed by atoms with van der Waals surface area (Å²) >= 11 is 5.96. The summed E-state index contributed by atoms with van der Waals surface area (Å²) in [6, 6.07) is 4.88. The molecule has 0 aliphatic heterocycles. The first-order valence-corrected chi connectivity index (χ1v) is 8.04. The number of amides is 1. The van der Waals surface area contributed by atoms with Crippen LogP contribution in [0.1, 0.15) is 25.7 Å². The molecule has 104 valence electrons. The minimum atomic E-state index is -1.10. The number of halogens is 1. The number of hydrogen-bond donors (Lipinski definition) is 2. The number of nitrogens with one attached hydrogen (secondary N) is 1. The minimum absolute atomic E-state index is 0.0236. The van der Waals surface area contributed by atoms with Crippen LogP contribution in [0.15, 0.2) is 18.2 Å². The molecule has 1 fully saturated rings. The molecule has 0 heterocycles. The van der Waals surface area contributed by atoms with E-state index >= 15 is 0 Å². The molecule has 1 aliphatic rings. The molecule has 0 bridgehead atoms. The fourth-order valence-corrected chi connectivity index (χ4v) is 3.81. The van der Waals surface area contributed by atoms with Crippen LogP contribution in [0.3, 0.4) is 0 Å². The van der Waals surface area contributed by atoms with Gasteiger partial charge in [-0.05, 0) is 31.0 Å². The molecular weight excluding hydrogens is 284 g/mol. The SMILES string of the molecule is Nc1ccc(Cl)c(NC(=O)CS(=O)C2CCCC2)c1. The van der Waals surface area contributed by atoms with Gasteiger partial charge in [0.25, 0.3) is 0 Å². The molecule has 1 unspecified atom stereocenters. The zero-order valence-electron chi connectivity index (χ0n) is 10.5. The lowest BCUT2D eigenvalue weighted by atomic mass is 10.3. The van der Waals surface area contributed by atoms with Crippen molar-refractivity contribution >= 4 is 39.7 Å². The zero-order chi connectivity index (χ0) is 13.8. The third kappa shape index (κ3) is 3.94. The zero-order valence-corrected chi connectivity index (χ0v) is 12.1. The van der Waals surface area contributed by atoms with E-state index in [0.717, 1.165) is 25.7 Å². The Bertz CT molecular complexity index is 501. The number of nitrogens with two attached hydrogens (primary N) is 1. The standard InChI is InChI=1S/C13H17ClN2O2S/c14-11-6-5-9(15)7-12(11)16-13(17)8-19(18)10-3-1-2-4-10/h5-7,10H,1-4,8,15H2,(H,16,17). The van der Waals surface area contributed by atoms with Gasteiger partial charge in [-0.15, -0.1) is 0 Å². The number of carbonyl (C=O) groups is 1. The van der Waals surface area contributed by atoms with E-state index in [2.05, 4.69) is 5.32 Å². The van der Waals surface area contributed by atoms with Gasteiger partial charge in [0.2, 0.25) is 5.91 Å². The molecule has 1 amide bonds. The van der Waals surface area contributed by atoms with Gasteiger partial charge in [-0.25, -0.2) is 0 Å². The second-order valence-corrected chi connectivity index (χ2v) is 6.84. The van der Waals surface area contributed by atoms with E-state index in [-0.39, 0.29) is 16.9 Å². The molecule has 1 atom stereocenters. The van der Waals surface area contributed by atoms with Gasteiger partial charge in [0.05, 0.1) is 10.7 Å². The van der Waals surface area contributed by atoms with E-state index < -0.39 is 10.8 Å². The van der Waals surface area contributed by atoms with Gasteiger partial charge in [-0.1, -0.05) is 24.4 Å². The van der Waals surface area contributed by atoms with Crippen molar-refractivity contribution in [3.8, 4) is 0 Å². The predicted octanol–water partition coefficient (Wildman–Crippen LogP) is 2.55. The maximum atomic E-state index is 12.0. The number of hydrogen-bond acceptors (Lipinski definition) is 3. The second-order valence-electron chi connectivity index (χ2n) is 4.72. The Labute approximate surface area is 120 Å². The molecule has 1 saturated carbocycles. The van der Waals surface area contributed by atoms with E-state index in [1.54, 1.807) is 18.2 Å². The molecule has 0 radical (unpaired) electrons. The Morgan fingerprint density at radius 1 is 1.42 bits per heavy atom. The fraction of sp³-hybridized carbons (Fsp3) is 0.462. The number of carbonyl (C=O) groups excluding carboxylic acids is 1. The van der Waals surface area contributed by atoms with Gasteiger partial charge in [0, 0.05) is 21.7 Å². The van der Waals surface area contributed by atoms with Crippen LogP contribution in [0.4, 0.5) is 11.4 Å². The van der Waals surface area contributed by atoms with Crippen LogP contribution >= 0.6 is 11.6 Å². The molecule has 0 saturated heterocycles. The maximum Gasteiger partial charge on any atom is 0.237 e. The van der Waals surface area contributed by atoms with Crippen LogP contribution in [0.2, 0.25) is 5.02 Å². The molecule has 1 aromatic rings. The summed E-state index contributed by atoms with van der Waals surface area (Å²) in [6.45, 7) is 0. The second kappa shape index (κ2) is 6.39. The average Bonchev–Trinajstić information content (AvgIpc) is 2.87. The fourth-order valence-electron chi connectivity index (χ4n) is 2.22. The Kier molecular flexibility index (Phi) is 4.82. The van der Waals surface area contributed by atoms with Crippen LogP contribution < -0.4 is 11.1 Å². The third-order valence-corrected chi connectivity index (χ3v) is 5.30. The summed E-state index contributed by atoms with van der Waals surface area (Å²) in [4.78, 5) is 11.8. The van der Waals surface area contributed by atoms with Crippen molar-refractivity contribution in [1.82, 2.24) is 0 Å². The van der Waals surface area contributed by atoms with Gasteiger partial charge in [-0.3, -0.25) is 9.00 Å². The van der Waals surface area contributed by atoms with Crippen molar-refractivity contribution in [2.24, 2.45) is 0 Å². The number of benzene rings is 1. The first-order chi connectivity index (χ1) is 9.06. The summed E-state index contributed by atoms with van der Waals surface area (Å²) in [7, 11) is -1.10. The summed E-state index contributed by atoms with van der Waals surface area (Å²) in [5.74, 6) is -0.256. The normalized spacial score (nSPS) is 17.3. The predicted molar refractivity (Wildman–Crippen MR) is 79.8 cm³/mol. The van der Waals surface area contributed by atoms with Gasteiger partial charge < -0.3 is 11.1 Å². The lowest BCUT2D eigenvalue weighted by Crippen LogP contribution is -2.24. The summed E-state index contributed by atoms with van der Waals surface area (Å²) < 4.78 is 12.0. The van der Waals surface area contributed by atoms with Gasteiger partial charge in [0.15, 0.2) is 0 Å². The summed E-state index contributed by atoms with van der Waals surface area (Å²) in [5, 5.41) is 3.26. The van der Waals surface area contributed by atoms with Crippen molar-refractivity contribution in [2.75, 3.05) is 16.8 Å². The summed E-state index contributed by atoms with van der Waals surface area (Å²) in [6.07, 6.45) is 4.13. The minimum Gasteiger partial charge on any atom is -0.399 e. The number of nitrogen functional groups attached to an aromatic ring is 1. The van der Waals surface area contributed by atoms with E-state index in [9.17, 15) is 9.00 Å². The van der Waals surface area contributed by atoms with E-state index in [1.165, 1.54) is 0 Å². The average molecular weight is 301 g/mol. The lowest BCUT2D eigenvalue weighted by molar-refractivity contribution is -0.113. The van der Waals surface area contributed by atoms with Crippen LogP contribution in [0.5, 0.6) is 0 Å². The van der Waals surface area contributed by atoms with Crippen LogP contribution in [0, 0.1) is 0 Å². The number of anilines is 2. The maximum absolute atomic E-state index is 12.0. The van der Waals surface area contributed by atoms with Crippen LogP contribution in [-0.2, 0) is 15.6 Å². The highest BCUT2D eigenvalue weighted by atomic mass is 35.5. The highest BCUT2D eigenvalue weighted by Crippen LogP contribution is 2.25. The molecular formula is C13H17ClN2O2S. The van der Waals surface area contributed by atoms with Crippen molar-refractivity contribution < 1.29 is 9.00 Å². The van der Waals surface area contributed by atoms with E-state index in [4.69, 9.17) is 17.3 Å². The van der Waals surface area contributed by atoms with Crippen LogP contribution in [-0.4, -0.2) is 21.1 Å². The van der Waals surface area contributed by atoms with Gasteiger partial charge in [0.1, 0.15) is 5.75 Å². The topological polar surface area (TPSA) is 72.2 Å². The highest BCUT2D eigenvalue weighted by molar-refractivity contribution is 7.86. The molecule has 2 rings (SSSR count). The van der Waals surface area contributed by atoms with Crippen molar-refractivity contribution in [3.63, 3.8) is 0 Å². The van der Waals surface area contributed by atoms with E-state index in [1.807, 2.05) is 0 Å². The monoisotopic (exact) mass is 300 g/mol. The molecule has 1 aliphatic carbocycles. The molecule has 3 N–H and O–H groups in total. The first-order valence-electron chi connectivity index (χ1n) is 6.28. The molecule has 4 nitrogen and oxygen atoms in total. The van der Waals surface area contributed by atoms with Crippen molar-refractivity contribution in [3.05, 3.63) is 23.2 Å². The molecule has 6 heteroatoms. The largest absolute Gasteiger partial charge is 0.399 e. The Morgan fingerprint density at radius 3 is 2.79 bits per heavy atom. The Hall–Kier alpha value is -1.07. The molecule has 1 aromatic carbocycles. The highest BCUT2D eigenvalue weighted by Gasteiger charge is 2.23. The van der Waals surface area contributed by atoms with Crippen LogP contribution in [0.25, 0.3) is 0 Å². The molecule has 0 aromatic heterocycles. The lowest BCUT2D eigenvalue weighted by Gasteiger charge is -2.10.